The van der Waals surface area contributed by atoms with Crippen molar-refractivity contribution >= 4 is 17.5 Å². The van der Waals surface area contributed by atoms with Crippen LogP contribution in [0.25, 0.3) is 11.3 Å². The minimum atomic E-state index is -0.249. The summed E-state index contributed by atoms with van der Waals surface area (Å²) in [6.07, 6.45) is 0. The van der Waals surface area contributed by atoms with E-state index in [4.69, 9.17) is 21.4 Å². The molecule has 0 aliphatic rings. The van der Waals surface area contributed by atoms with Gasteiger partial charge < -0.3 is 9.42 Å². The van der Waals surface area contributed by atoms with Gasteiger partial charge in [0.05, 0.1) is 11.6 Å². The number of rotatable bonds is 4. The molecule has 0 spiro atoms. The maximum absolute atomic E-state index is 12.5. The Morgan fingerprint density at radius 1 is 1.24 bits per heavy atom. The second-order valence-corrected chi connectivity index (χ2v) is 5.99. The molecule has 0 unspecified atom stereocenters. The number of aromatic nitrogens is 1. The third-order valence-electron chi connectivity index (χ3n) is 3.69. The molecule has 3 aromatic rings. The Bertz CT molecular complexity index is 942. The Hall–Kier alpha value is -3.10. The van der Waals surface area contributed by atoms with Crippen LogP contribution in [-0.4, -0.2) is 23.0 Å². The van der Waals surface area contributed by atoms with Crippen LogP contribution in [0.4, 0.5) is 0 Å². The monoisotopic (exact) mass is 351 g/mol. The molecule has 25 heavy (non-hydrogen) atoms. The molecule has 5 nitrogen and oxygen atoms in total. The molecular weight excluding hydrogens is 338 g/mol. The fourth-order valence-electron chi connectivity index (χ4n) is 2.38. The van der Waals surface area contributed by atoms with Gasteiger partial charge in [0.2, 0.25) is 0 Å². The summed E-state index contributed by atoms with van der Waals surface area (Å²) in [7, 11) is 1.69. The fourth-order valence-corrected chi connectivity index (χ4v) is 2.57. The predicted molar refractivity (Wildman–Crippen MR) is 93.9 cm³/mol. The Kier molecular flexibility index (Phi) is 4.82. The standard InChI is InChI=1S/C19H14ClN3O2/c1-23(12-14-7-5-13(11-21)6-8-14)19(24)17-10-18(25-22-17)15-3-2-4-16(20)9-15/h2-10H,12H2,1H3. The number of hydrogen-bond acceptors (Lipinski definition) is 4. The zero-order valence-corrected chi connectivity index (χ0v) is 14.2. The second kappa shape index (κ2) is 7.20. The lowest BCUT2D eigenvalue weighted by atomic mass is 10.1. The summed E-state index contributed by atoms with van der Waals surface area (Å²) in [5, 5.41) is 13.3. The van der Waals surface area contributed by atoms with Crippen molar-refractivity contribution in [3.05, 3.63) is 76.4 Å². The molecule has 0 atom stereocenters. The Morgan fingerprint density at radius 3 is 2.68 bits per heavy atom. The molecule has 0 N–H and O–H groups in total. The van der Waals surface area contributed by atoms with Crippen LogP contribution in [0.15, 0.2) is 59.1 Å². The lowest BCUT2D eigenvalue weighted by molar-refractivity contribution is 0.0775. The van der Waals surface area contributed by atoms with Gasteiger partial charge in [0.25, 0.3) is 5.91 Å². The average molecular weight is 352 g/mol. The van der Waals surface area contributed by atoms with E-state index in [1.165, 1.54) is 0 Å². The first-order chi connectivity index (χ1) is 12.1. The molecule has 1 aromatic heterocycles. The summed E-state index contributed by atoms with van der Waals surface area (Å²) in [4.78, 5) is 14.1. The van der Waals surface area contributed by atoms with Gasteiger partial charge in [0.15, 0.2) is 11.5 Å². The first kappa shape index (κ1) is 16.7. The summed E-state index contributed by atoms with van der Waals surface area (Å²) in [6.45, 7) is 0.407. The van der Waals surface area contributed by atoms with Gasteiger partial charge in [-0.2, -0.15) is 5.26 Å². The van der Waals surface area contributed by atoms with Crippen LogP contribution < -0.4 is 0 Å². The van der Waals surface area contributed by atoms with E-state index in [9.17, 15) is 4.79 Å². The van der Waals surface area contributed by atoms with E-state index in [2.05, 4.69) is 11.2 Å². The van der Waals surface area contributed by atoms with Crippen molar-refractivity contribution < 1.29 is 9.32 Å². The van der Waals surface area contributed by atoms with Crippen LogP contribution in [-0.2, 0) is 6.54 Å². The van der Waals surface area contributed by atoms with Crippen LogP contribution in [0.3, 0.4) is 0 Å². The number of benzene rings is 2. The molecule has 0 aliphatic carbocycles. The van der Waals surface area contributed by atoms with E-state index in [0.29, 0.717) is 22.9 Å². The summed E-state index contributed by atoms with van der Waals surface area (Å²) < 4.78 is 5.27. The van der Waals surface area contributed by atoms with Crippen molar-refractivity contribution in [2.24, 2.45) is 0 Å². The number of carbonyl (C=O) groups is 1. The SMILES string of the molecule is CN(Cc1ccc(C#N)cc1)C(=O)c1cc(-c2cccc(Cl)c2)on1. The third kappa shape index (κ3) is 3.87. The molecule has 3 rings (SSSR count). The zero-order chi connectivity index (χ0) is 17.8. The smallest absolute Gasteiger partial charge is 0.276 e. The highest BCUT2D eigenvalue weighted by atomic mass is 35.5. The van der Waals surface area contributed by atoms with Crippen molar-refractivity contribution in [3.8, 4) is 17.4 Å². The largest absolute Gasteiger partial charge is 0.355 e. The molecule has 124 valence electrons. The number of carbonyl (C=O) groups excluding carboxylic acids is 1. The lowest BCUT2D eigenvalue weighted by Crippen LogP contribution is -2.26. The van der Waals surface area contributed by atoms with Gasteiger partial charge in [-0.15, -0.1) is 0 Å². The first-order valence-electron chi connectivity index (χ1n) is 7.54. The summed E-state index contributed by atoms with van der Waals surface area (Å²) in [5.74, 6) is 0.235. The predicted octanol–water partition coefficient (Wildman–Crippen LogP) is 4.14. The summed E-state index contributed by atoms with van der Waals surface area (Å²) >= 11 is 5.97. The summed E-state index contributed by atoms with van der Waals surface area (Å²) in [5.41, 5.74) is 2.49. The molecule has 0 radical (unpaired) electrons. The van der Waals surface area contributed by atoms with Crippen molar-refractivity contribution in [2.75, 3.05) is 7.05 Å². The van der Waals surface area contributed by atoms with Gasteiger partial charge >= 0.3 is 0 Å². The third-order valence-corrected chi connectivity index (χ3v) is 3.92. The number of nitriles is 1. The molecule has 0 saturated carbocycles. The molecule has 0 aliphatic heterocycles. The lowest BCUT2D eigenvalue weighted by Gasteiger charge is -2.15. The molecule has 6 heteroatoms. The van der Waals surface area contributed by atoms with E-state index in [1.54, 1.807) is 48.3 Å². The van der Waals surface area contributed by atoms with E-state index < -0.39 is 0 Å². The van der Waals surface area contributed by atoms with Crippen LogP contribution in [0.2, 0.25) is 5.02 Å². The van der Waals surface area contributed by atoms with E-state index in [-0.39, 0.29) is 11.6 Å². The molecule has 0 bridgehead atoms. The average Bonchev–Trinajstić information content (AvgIpc) is 3.12. The van der Waals surface area contributed by atoms with E-state index >= 15 is 0 Å². The number of hydrogen-bond donors (Lipinski definition) is 0. The van der Waals surface area contributed by atoms with Crippen LogP contribution in [0.1, 0.15) is 21.6 Å². The zero-order valence-electron chi connectivity index (χ0n) is 13.4. The Labute approximate surface area is 150 Å². The minimum absolute atomic E-state index is 0.228. The van der Waals surface area contributed by atoms with Gasteiger partial charge in [-0.05, 0) is 29.8 Å². The van der Waals surface area contributed by atoms with Crippen molar-refractivity contribution in [1.82, 2.24) is 10.1 Å². The van der Waals surface area contributed by atoms with Gasteiger partial charge in [0, 0.05) is 30.2 Å². The maximum Gasteiger partial charge on any atom is 0.276 e. The van der Waals surface area contributed by atoms with Gasteiger partial charge in [0.1, 0.15) is 0 Å². The van der Waals surface area contributed by atoms with Crippen molar-refractivity contribution in [1.29, 1.82) is 5.26 Å². The number of halogens is 1. The summed E-state index contributed by atoms with van der Waals surface area (Å²) in [6, 6.07) is 17.9. The highest BCUT2D eigenvalue weighted by Gasteiger charge is 2.18. The molecule has 0 fully saturated rings. The molecule has 2 aromatic carbocycles. The highest BCUT2D eigenvalue weighted by molar-refractivity contribution is 6.30. The van der Waals surface area contributed by atoms with Gasteiger partial charge in [-0.25, -0.2) is 0 Å². The topological polar surface area (TPSA) is 70.1 Å². The highest BCUT2D eigenvalue weighted by Crippen LogP contribution is 2.24. The minimum Gasteiger partial charge on any atom is -0.355 e. The molecule has 0 saturated heterocycles. The quantitative estimate of drug-likeness (QED) is 0.708. The molecule has 1 heterocycles. The van der Waals surface area contributed by atoms with Crippen LogP contribution >= 0.6 is 11.6 Å². The van der Waals surface area contributed by atoms with Gasteiger partial charge in [-0.3, -0.25) is 4.79 Å². The number of nitrogens with zero attached hydrogens (tertiary/aromatic N) is 3. The van der Waals surface area contributed by atoms with Crippen molar-refractivity contribution in [3.63, 3.8) is 0 Å². The Balaban J connectivity index is 1.73. The van der Waals surface area contributed by atoms with Crippen molar-refractivity contribution in [2.45, 2.75) is 6.54 Å². The maximum atomic E-state index is 12.5. The normalized spacial score (nSPS) is 10.3. The van der Waals surface area contributed by atoms with E-state index in [1.807, 2.05) is 18.2 Å². The molecular formula is C19H14ClN3O2. The fraction of sp³-hybridized carbons (Fsp3) is 0.105. The Morgan fingerprint density at radius 2 is 2.00 bits per heavy atom. The molecule has 1 amide bonds. The van der Waals surface area contributed by atoms with Crippen LogP contribution in [0, 0.1) is 11.3 Å². The number of amides is 1. The first-order valence-corrected chi connectivity index (χ1v) is 7.92. The van der Waals surface area contributed by atoms with E-state index in [0.717, 1.165) is 11.1 Å². The van der Waals surface area contributed by atoms with Gasteiger partial charge in [-0.1, -0.05) is 41.0 Å². The second-order valence-electron chi connectivity index (χ2n) is 5.56. The van der Waals surface area contributed by atoms with Crippen LogP contribution in [0.5, 0.6) is 0 Å².